The van der Waals surface area contributed by atoms with E-state index >= 15 is 0 Å². The quantitative estimate of drug-likeness (QED) is 0.647. The number of ether oxygens (including phenoxy) is 2. The number of halogens is 6. The molecule has 0 saturated carbocycles. The lowest BCUT2D eigenvalue weighted by Gasteiger charge is -2.15. The summed E-state index contributed by atoms with van der Waals surface area (Å²) >= 11 is 0. The molecule has 0 aliphatic rings. The van der Waals surface area contributed by atoms with Crippen LogP contribution in [0.3, 0.4) is 0 Å². The maximum absolute atomic E-state index is 12.8. The minimum Gasteiger partial charge on any atom is -0.491 e. The summed E-state index contributed by atoms with van der Waals surface area (Å²) in [5.74, 6) is -0.532. The van der Waals surface area contributed by atoms with Crippen LogP contribution in [-0.2, 0) is 17.5 Å². The third kappa shape index (κ3) is 6.21. The average molecular weight is 318 g/mol. The molecule has 0 saturated heterocycles. The summed E-state index contributed by atoms with van der Waals surface area (Å²) < 4.78 is 82.6. The Kier molecular flexibility index (Phi) is 5.85. The molecule has 0 fully saturated rings. The summed E-state index contributed by atoms with van der Waals surface area (Å²) in [6.45, 7) is -3.03. The van der Waals surface area contributed by atoms with E-state index in [0.29, 0.717) is 6.07 Å². The lowest BCUT2D eigenvalue weighted by molar-refractivity contribution is -0.175. The summed E-state index contributed by atoms with van der Waals surface area (Å²) in [6.07, 6.45) is -9.20. The second-order valence-corrected chi connectivity index (χ2v) is 4.00. The van der Waals surface area contributed by atoms with Crippen molar-refractivity contribution in [3.05, 3.63) is 29.3 Å². The molecule has 0 bridgehead atoms. The van der Waals surface area contributed by atoms with E-state index in [0.717, 1.165) is 6.07 Å². The lowest BCUT2D eigenvalue weighted by Crippen LogP contribution is -2.20. The predicted molar refractivity (Wildman–Crippen MR) is 59.7 cm³/mol. The Morgan fingerprint density at radius 1 is 1.00 bits per heavy atom. The van der Waals surface area contributed by atoms with Crippen LogP contribution in [0.5, 0.6) is 5.75 Å². The van der Waals surface area contributed by atoms with Crippen molar-refractivity contribution < 1.29 is 40.9 Å². The molecule has 0 aliphatic carbocycles. The molecule has 120 valence electrons. The van der Waals surface area contributed by atoms with Crippen molar-refractivity contribution in [2.24, 2.45) is 0 Å². The minimum absolute atomic E-state index is 0.0444. The van der Waals surface area contributed by atoms with E-state index in [4.69, 9.17) is 9.84 Å². The van der Waals surface area contributed by atoms with E-state index in [9.17, 15) is 26.3 Å². The van der Waals surface area contributed by atoms with E-state index < -0.39 is 50.1 Å². The first-order chi connectivity index (χ1) is 9.63. The van der Waals surface area contributed by atoms with Crippen molar-refractivity contribution in [3.63, 3.8) is 0 Å². The van der Waals surface area contributed by atoms with E-state index in [-0.39, 0.29) is 5.56 Å². The molecule has 3 nitrogen and oxygen atoms in total. The molecule has 1 N–H and O–H groups in total. The van der Waals surface area contributed by atoms with E-state index in [1.165, 1.54) is 6.07 Å². The predicted octanol–water partition coefficient (Wildman–Crippen LogP) is 3.16. The number of rotatable bonds is 6. The summed E-state index contributed by atoms with van der Waals surface area (Å²) in [6, 6.07) is 2.94. The van der Waals surface area contributed by atoms with E-state index in [1.807, 2.05) is 0 Å². The molecule has 0 unspecified atom stereocenters. The number of aliphatic hydroxyl groups is 1. The van der Waals surface area contributed by atoms with Gasteiger partial charge >= 0.3 is 12.4 Å². The van der Waals surface area contributed by atoms with E-state index in [1.54, 1.807) is 0 Å². The number of benzene rings is 1. The van der Waals surface area contributed by atoms with Crippen molar-refractivity contribution in [1.29, 1.82) is 0 Å². The van der Waals surface area contributed by atoms with Crippen LogP contribution in [0.1, 0.15) is 11.1 Å². The molecule has 0 amide bonds. The number of hydrogen-bond acceptors (Lipinski definition) is 3. The van der Waals surface area contributed by atoms with Crippen LogP contribution in [0.15, 0.2) is 18.2 Å². The summed E-state index contributed by atoms with van der Waals surface area (Å²) in [4.78, 5) is 0. The Morgan fingerprint density at radius 2 is 1.67 bits per heavy atom. The van der Waals surface area contributed by atoms with Gasteiger partial charge in [-0.2, -0.15) is 26.3 Å². The first-order valence-corrected chi connectivity index (χ1v) is 5.72. The van der Waals surface area contributed by atoms with Crippen LogP contribution in [0.4, 0.5) is 26.3 Å². The number of alkyl halides is 6. The van der Waals surface area contributed by atoms with Gasteiger partial charge < -0.3 is 14.6 Å². The maximum atomic E-state index is 12.8. The van der Waals surface area contributed by atoms with Crippen molar-refractivity contribution in [1.82, 2.24) is 0 Å². The molecular weight excluding hydrogens is 306 g/mol. The zero-order chi connectivity index (χ0) is 16.1. The van der Waals surface area contributed by atoms with Gasteiger partial charge in [0.2, 0.25) is 0 Å². The summed E-state index contributed by atoms with van der Waals surface area (Å²) in [5, 5.41) is 8.81. The Hall–Kier alpha value is -1.48. The number of hydrogen-bond donors (Lipinski definition) is 1. The van der Waals surface area contributed by atoms with Crippen molar-refractivity contribution in [2.75, 3.05) is 19.8 Å². The molecule has 1 aromatic rings. The zero-order valence-corrected chi connectivity index (χ0v) is 10.6. The van der Waals surface area contributed by atoms with E-state index in [2.05, 4.69) is 4.74 Å². The highest BCUT2D eigenvalue weighted by Gasteiger charge is 2.34. The molecule has 0 aliphatic heterocycles. The fourth-order valence-corrected chi connectivity index (χ4v) is 1.42. The largest absolute Gasteiger partial charge is 0.491 e. The highest BCUT2D eigenvalue weighted by atomic mass is 19.4. The lowest BCUT2D eigenvalue weighted by atomic mass is 10.1. The van der Waals surface area contributed by atoms with Gasteiger partial charge in [-0.1, -0.05) is 6.07 Å². The topological polar surface area (TPSA) is 38.7 Å². The van der Waals surface area contributed by atoms with Crippen LogP contribution in [-0.4, -0.2) is 31.1 Å². The molecular formula is C12H12F6O3. The van der Waals surface area contributed by atoms with Crippen LogP contribution in [0, 0.1) is 0 Å². The molecule has 0 aromatic heterocycles. The third-order valence-corrected chi connectivity index (χ3v) is 2.28. The number of aliphatic hydroxyl groups excluding tert-OH is 1. The van der Waals surface area contributed by atoms with Gasteiger partial charge in [0.05, 0.1) is 18.8 Å². The fourth-order valence-electron chi connectivity index (χ4n) is 1.42. The molecule has 0 atom stereocenters. The van der Waals surface area contributed by atoms with Gasteiger partial charge in [0, 0.05) is 0 Å². The van der Waals surface area contributed by atoms with Crippen LogP contribution in [0.2, 0.25) is 0 Å². The highest BCUT2D eigenvalue weighted by Crippen LogP contribution is 2.36. The maximum Gasteiger partial charge on any atom is 0.419 e. The van der Waals surface area contributed by atoms with Crippen molar-refractivity contribution in [2.45, 2.75) is 19.0 Å². The normalized spacial score (nSPS) is 12.5. The van der Waals surface area contributed by atoms with Crippen LogP contribution >= 0.6 is 0 Å². The molecule has 1 rings (SSSR count). The third-order valence-electron chi connectivity index (χ3n) is 2.28. The van der Waals surface area contributed by atoms with Gasteiger partial charge in [0.1, 0.15) is 19.0 Å². The monoisotopic (exact) mass is 318 g/mol. The second kappa shape index (κ2) is 6.99. The Bertz CT molecular complexity index is 455. The SMILES string of the molecule is OCc1ccc(OCCOCC(F)(F)F)c(C(F)(F)F)c1. The van der Waals surface area contributed by atoms with Crippen molar-refractivity contribution >= 4 is 0 Å². The molecule has 21 heavy (non-hydrogen) atoms. The molecule has 1 aromatic carbocycles. The zero-order valence-electron chi connectivity index (χ0n) is 10.6. The Labute approximate surface area is 116 Å². The van der Waals surface area contributed by atoms with Gasteiger partial charge in [0.25, 0.3) is 0 Å². The summed E-state index contributed by atoms with van der Waals surface area (Å²) in [5.41, 5.74) is -1.06. The molecule has 9 heteroatoms. The fraction of sp³-hybridized carbons (Fsp3) is 0.500. The molecule has 0 radical (unpaired) electrons. The first kappa shape index (κ1) is 17.6. The minimum atomic E-state index is -4.70. The van der Waals surface area contributed by atoms with Gasteiger partial charge in [-0.25, -0.2) is 0 Å². The van der Waals surface area contributed by atoms with Gasteiger partial charge in [-0.05, 0) is 17.7 Å². The molecule has 0 heterocycles. The van der Waals surface area contributed by atoms with Gasteiger partial charge in [-0.15, -0.1) is 0 Å². The first-order valence-electron chi connectivity index (χ1n) is 5.72. The summed E-state index contributed by atoms with van der Waals surface area (Å²) in [7, 11) is 0. The standard InChI is InChI=1S/C12H12F6O3/c13-11(14,15)7-20-3-4-21-10-2-1-8(6-19)5-9(10)12(16,17)18/h1-2,5,19H,3-4,6-7H2. The van der Waals surface area contributed by atoms with Crippen LogP contribution in [0.25, 0.3) is 0 Å². The van der Waals surface area contributed by atoms with Gasteiger partial charge in [0.15, 0.2) is 0 Å². The molecule has 0 spiro atoms. The smallest absolute Gasteiger partial charge is 0.419 e. The van der Waals surface area contributed by atoms with Crippen molar-refractivity contribution in [3.8, 4) is 5.75 Å². The highest BCUT2D eigenvalue weighted by molar-refractivity contribution is 5.39. The van der Waals surface area contributed by atoms with Gasteiger partial charge in [-0.3, -0.25) is 0 Å². The second-order valence-electron chi connectivity index (χ2n) is 4.00. The average Bonchev–Trinajstić information content (AvgIpc) is 2.36. The Morgan fingerprint density at radius 3 is 2.19 bits per heavy atom. The Balaban J connectivity index is 2.62. The van der Waals surface area contributed by atoms with Crippen LogP contribution < -0.4 is 4.74 Å².